The predicted octanol–water partition coefficient (Wildman–Crippen LogP) is 6.45. The largest absolute Gasteiger partial charge is 0.508 e. The molecule has 1 unspecified atom stereocenters. The smallest absolute Gasteiger partial charge is 0.324 e. The van der Waals surface area contributed by atoms with E-state index >= 15 is 0 Å². The van der Waals surface area contributed by atoms with Crippen molar-refractivity contribution in [2.45, 2.75) is 130 Å². The summed E-state index contributed by atoms with van der Waals surface area (Å²) in [6.07, 6.45) is 6.35. The highest BCUT2D eigenvalue weighted by atomic mass is 16.5. The van der Waals surface area contributed by atoms with Crippen LogP contribution in [-0.4, -0.2) is 99.7 Å². The summed E-state index contributed by atoms with van der Waals surface area (Å²) < 4.78 is 14.2. The maximum absolute atomic E-state index is 14.7. The SMILES string of the molecule is CCn1c(-c2cccnc2[C@H](C)OC)c2c3cc(ccc31)-c1cc(O)cc(c1)C[C@H](NC(=O)C(C(C)C)N(C)C(=O)[C@@H]1CCCC[C@@H]1N)C(=O)N1CCC[C@H](N1)C(=O)OCC(C)(C)C2. The molecule has 4 aromatic rings. The Hall–Kier alpha value is -5.31. The zero-order valence-corrected chi connectivity index (χ0v) is 38.8. The number of hydrazine groups is 1. The molecule has 1 aliphatic carbocycles. The van der Waals surface area contributed by atoms with Gasteiger partial charge >= 0.3 is 5.97 Å². The van der Waals surface area contributed by atoms with Gasteiger partial charge in [-0.05, 0) is 111 Å². The molecule has 1 saturated carbocycles. The van der Waals surface area contributed by atoms with E-state index in [0.717, 1.165) is 63.8 Å². The number of likely N-dealkylation sites (N-methyl/N-ethyl adjacent to an activating group) is 1. The number of amides is 3. The van der Waals surface area contributed by atoms with Gasteiger partial charge in [-0.15, -0.1) is 0 Å². The molecular weight excluding hydrogens is 811 g/mol. The lowest BCUT2D eigenvalue weighted by Gasteiger charge is -2.38. The second-order valence-corrected chi connectivity index (χ2v) is 19.2. The van der Waals surface area contributed by atoms with Crippen molar-refractivity contribution >= 4 is 34.6 Å². The summed E-state index contributed by atoms with van der Waals surface area (Å²) in [5.74, 6) is -2.23. The van der Waals surface area contributed by atoms with Gasteiger partial charge in [-0.2, -0.15) is 0 Å². The Kier molecular flexibility index (Phi) is 14.2. The number of ether oxygens (including phenoxy) is 2. The normalized spacial score (nSPS) is 22.7. The van der Waals surface area contributed by atoms with Gasteiger partial charge < -0.3 is 35.1 Å². The molecule has 2 fully saturated rings. The fourth-order valence-electron chi connectivity index (χ4n) is 10.1. The first-order chi connectivity index (χ1) is 30.5. The first kappa shape index (κ1) is 46.7. The van der Waals surface area contributed by atoms with Gasteiger partial charge in [-0.1, -0.05) is 52.7 Å². The number of benzene rings is 2. The van der Waals surface area contributed by atoms with Crippen LogP contribution in [0.3, 0.4) is 0 Å². The van der Waals surface area contributed by atoms with E-state index in [4.69, 9.17) is 20.2 Å². The Labute approximate surface area is 377 Å². The Morgan fingerprint density at radius 2 is 1.83 bits per heavy atom. The van der Waals surface area contributed by atoms with Crippen LogP contribution in [0.4, 0.5) is 0 Å². The number of rotatable bonds is 9. The second kappa shape index (κ2) is 19.4. The number of methoxy groups -OCH3 is 1. The number of esters is 1. The van der Waals surface area contributed by atoms with Crippen LogP contribution in [0.2, 0.25) is 0 Å². The monoisotopic (exact) mass is 878 g/mol. The van der Waals surface area contributed by atoms with Gasteiger partial charge in [-0.25, -0.2) is 5.43 Å². The number of phenols is 1. The fraction of sp³-hybridized carbons (Fsp3) is 0.540. The summed E-state index contributed by atoms with van der Waals surface area (Å²) >= 11 is 0. The summed E-state index contributed by atoms with van der Waals surface area (Å²) in [6, 6.07) is 12.5. The third-order valence-corrected chi connectivity index (χ3v) is 13.5. The number of cyclic esters (lactones) is 1. The van der Waals surface area contributed by atoms with Gasteiger partial charge in [0, 0.05) is 67.8 Å². The van der Waals surface area contributed by atoms with Crippen LogP contribution in [0.5, 0.6) is 5.75 Å². The van der Waals surface area contributed by atoms with Crippen molar-refractivity contribution in [3.05, 3.63) is 71.5 Å². The average Bonchev–Trinajstić information content (AvgIpc) is 3.58. The van der Waals surface area contributed by atoms with Crippen LogP contribution in [0, 0.1) is 17.3 Å². The molecule has 0 spiro atoms. The molecule has 14 nitrogen and oxygen atoms in total. The number of carbonyl (C=O) groups is 4. The Balaban J connectivity index is 1.33. The van der Waals surface area contributed by atoms with Crippen LogP contribution in [0.1, 0.15) is 103 Å². The van der Waals surface area contributed by atoms with E-state index in [0.29, 0.717) is 44.3 Å². The summed E-state index contributed by atoms with van der Waals surface area (Å²) in [6.45, 7) is 13.1. The number of nitrogens with zero attached hydrogens (tertiary/aromatic N) is 4. The molecule has 6 bridgehead atoms. The molecule has 0 radical (unpaired) electrons. The number of fused-ring (bicyclic) bond motifs is 6. The van der Waals surface area contributed by atoms with E-state index < -0.39 is 41.3 Å². The van der Waals surface area contributed by atoms with Gasteiger partial charge in [0.15, 0.2) is 0 Å². The molecule has 5 N–H and O–H groups in total. The minimum atomic E-state index is -1.12. The number of phenolic OH excluding ortho intramolecular Hbond substituents is 1. The minimum absolute atomic E-state index is 0.00868. The number of carbonyl (C=O) groups excluding carboxylic acids is 4. The summed E-state index contributed by atoms with van der Waals surface area (Å²) in [7, 11) is 3.32. The van der Waals surface area contributed by atoms with Crippen molar-refractivity contribution in [1.29, 1.82) is 0 Å². The summed E-state index contributed by atoms with van der Waals surface area (Å²) in [5.41, 5.74) is 16.1. The molecule has 3 amide bonds. The standard InChI is InChI=1S/C50H67N7O7/c1-9-56-42-19-18-32-26-37(42)38(45(56)36-15-12-20-52-43(36)30(4)63-8)27-50(5,6)28-64-49(62)40-17-13-21-57(54-40)48(61)41(24-31-22-33(32)25-34(58)23-31)53-46(59)44(29(2)3)55(7)47(60)35-14-10-11-16-39(35)51/h12,15,18-20,22-23,25-26,29-30,35,39-41,44,54,58H,9-11,13-14,16-17,21,24,27-28,51H2,1-8H3,(H,53,59)/t30-,35+,39-,40-,41-,44?/m0/s1. The quantitative estimate of drug-likeness (QED) is 0.137. The number of aryl methyl sites for hydroxylation is 1. The van der Waals surface area contributed by atoms with Crippen molar-refractivity contribution in [2.24, 2.45) is 23.0 Å². The maximum Gasteiger partial charge on any atom is 0.324 e. The van der Waals surface area contributed by atoms with E-state index in [-0.39, 0.29) is 48.7 Å². The van der Waals surface area contributed by atoms with Crippen LogP contribution in [-0.2, 0) is 48.0 Å². The molecule has 64 heavy (non-hydrogen) atoms. The topological polar surface area (TPSA) is 181 Å². The molecular formula is C50H67N7O7. The first-order valence-corrected chi connectivity index (χ1v) is 23.0. The number of nitrogens with two attached hydrogens (primary N) is 1. The van der Waals surface area contributed by atoms with Crippen LogP contribution >= 0.6 is 0 Å². The number of hydrogen-bond acceptors (Lipinski definition) is 10. The van der Waals surface area contributed by atoms with Gasteiger partial charge in [0.2, 0.25) is 11.8 Å². The number of pyridine rings is 1. The van der Waals surface area contributed by atoms with Gasteiger partial charge in [0.05, 0.1) is 30.0 Å². The Bertz CT molecular complexity index is 2380. The molecule has 6 atom stereocenters. The zero-order chi connectivity index (χ0) is 46.0. The van der Waals surface area contributed by atoms with Crippen LogP contribution in [0.15, 0.2) is 54.7 Å². The molecule has 7 rings (SSSR count). The fourth-order valence-corrected chi connectivity index (χ4v) is 10.1. The Morgan fingerprint density at radius 3 is 2.55 bits per heavy atom. The van der Waals surface area contributed by atoms with E-state index in [1.807, 2.05) is 39.0 Å². The van der Waals surface area contributed by atoms with Crippen molar-refractivity contribution in [1.82, 2.24) is 30.2 Å². The van der Waals surface area contributed by atoms with Crippen LogP contribution < -0.4 is 16.5 Å². The van der Waals surface area contributed by atoms with Crippen molar-refractivity contribution in [2.75, 3.05) is 27.3 Å². The molecule has 2 aliphatic heterocycles. The molecule has 4 heterocycles. The van der Waals surface area contributed by atoms with Crippen molar-refractivity contribution in [3.63, 3.8) is 0 Å². The van der Waals surface area contributed by atoms with E-state index in [1.54, 1.807) is 32.5 Å². The molecule has 2 aromatic carbocycles. The third kappa shape index (κ3) is 9.69. The average molecular weight is 878 g/mol. The number of aromatic hydroxyl groups is 1. The maximum atomic E-state index is 14.7. The summed E-state index contributed by atoms with van der Waals surface area (Å²) in [5, 5.41) is 16.8. The summed E-state index contributed by atoms with van der Waals surface area (Å²) in [4.78, 5) is 63.3. The number of nitrogens with one attached hydrogen (secondary N) is 2. The van der Waals surface area contributed by atoms with Crippen molar-refractivity contribution in [3.8, 4) is 28.1 Å². The highest BCUT2D eigenvalue weighted by Gasteiger charge is 2.40. The Morgan fingerprint density at radius 1 is 1.06 bits per heavy atom. The number of hydrogen-bond donors (Lipinski definition) is 4. The lowest BCUT2D eigenvalue weighted by molar-refractivity contribution is -0.155. The van der Waals surface area contributed by atoms with E-state index in [1.165, 1.54) is 9.91 Å². The zero-order valence-electron chi connectivity index (χ0n) is 38.8. The highest BCUT2D eigenvalue weighted by molar-refractivity contribution is 5.96. The van der Waals surface area contributed by atoms with E-state index in [9.17, 15) is 24.3 Å². The molecule has 344 valence electrons. The lowest BCUT2D eigenvalue weighted by Crippen LogP contribution is -2.62. The number of aromatic nitrogens is 2. The molecule has 2 aromatic heterocycles. The van der Waals surface area contributed by atoms with Gasteiger partial charge in [-0.3, -0.25) is 29.2 Å². The van der Waals surface area contributed by atoms with Gasteiger partial charge in [0.1, 0.15) is 23.9 Å². The minimum Gasteiger partial charge on any atom is -0.508 e. The third-order valence-electron chi connectivity index (χ3n) is 13.5. The molecule has 3 aliphatic rings. The second-order valence-electron chi connectivity index (χ2n) is 19.2. The van der Waals surface area contributed by atoms with Gasteiger partial charge in [0.25, 0.3) is 5.91 Å². The van der Waals surface area contributed by atoms with Crippen molar-refractivity contribution < 1.29 is 33.8 Å². The highest BCUT2D eigenvalue weighted by Crippen LogP contribution is 2.42. The van der Waals surface area contributed by atoms with Crippen LogP contribution in [0.25, 0.3) is 33.3 Å². The lowest BCUT2D eigenvalue weighted by atomic mass is 9.83. The van der Waals surface area contributed by atoms with E-state index in [2.05, 4.69) is 54.3 Å². The first-order valence-electron chi connectivity index (χ1n) is 23.0. The predicted molar refractivity (Wildman–Crippen MR) is 247 cm³/mol. The molecule has 1 saturated heterocycles. The molecule has 14 heteroatoms.